The topological polar surface area (TPSA) is 48.6 Å². The summed E-state index contributed by atoms with van der Waals surface area (Å²) in [6.45, 7) is 8.73. The van der Waals surface area contributed by atoms with Crippen molar-refractivity contribution >= 4 is 5.71 Å². The molecule has 25 heavy (non-hydrogen) atoms. The second-order valence-corrected chi connectivity index (χ2v) is 6.10. The first kappa shape index (κ1) is 18.8. The highest BCUT2D eigenvalue weighted by Crippen LogP contribution is 2.24. The molecule has 0 atom stereocenters. The van der Waals surface area contributed by atoms with Gasteiger partial charge < -0.3 is 9.57 Å². The first-order chi connectivity index (χ1) is 12.0. The Hall–Kier alpha value is -2.56. The van der Waals surface area contributed by atoms with Crippen LogP contribution in [-0.2, 0) is 18.3 Å². The molecule has 2 aromatic rings. The molecule has 0 aliphatic rings. The van der Waals surface area contributed by atoms with Gasteiger partial charge >= 0.3 is 0 Å². The first-order valence-electron chi connectivity index (χ1n) is 8.41. The number of oxime groups is 1. The van der Waals surface area contributed by atoms with Crippen molar-refractivity contribution in [3.63, 3.8) is 0 Å². The van der Waals surface area contributed by atoms with E-state index in [0.717, 1.165) is 29.3 Å². The molecule has 0 aliphatic carbocycles. The van der Waals surface area contributed by atoms with E-state index >= 15 is 0 Å². The Kier molecular flexibility index (Phi) is 6.39. The Bertz CT molecular complexity index is 765. The van der Waals surface area contributed by atoms with Gasteiger partial charge in [0, 0.05) is 13.5 Å². The number of rotatable bonds is 7. The smallest absolute Gasteiger partial charge is 0.120 e. The maximum Gasteiger partial charge on any atom is 0.120 e. The summed E-state index contributed by atoms with van der Waals surface area (Å²) in [5.74, 6) is 0.904. The first-order valence-corrected chi connectivity index (χ1v) is 8.41. The Labute approximate surface area is 149 Å². The molecule has 1 aromatic heterocycles. The van der Waals surface area contributed by atoms with Gasteiger partial charge in [-0.05, 0) is 62.6 Å². The van der Waals surface area contributed by atoms with Crippen LogP contribution >= 0.6 is 0 Å². The van der Waals surface area contributed by atoms with Crippen molar-refractivity contribution in [2.24, 2.45) is 12.2 Å². The quantitative estimate of drug-likeness (QED) is 0.435. The van der Waals surface area contributed by atoms with Gasteiger partial charge in [-0.3, -0.25) is 4.68 Å². The van der Waals surface area contributed by atoms with Crippen LogP contribution in [0.4, 0.5) is 0 Å². The standard InChI is InChI=1S/C20H27N3O2/c1-7-8-9-25-18-10-14(2)19(15(3)11-18)12-17-13-20(23(5)21-17)16(4)22-24-6/h7-8,10-11,13H,9,12H2,1-6H3/b8-7+,22-16?. The average molecular weight is 341 g/mol. The lowest BCUT2D eigenvalue weighted by Gasteiger charge is -2.12. The normalized spacial score (nSPS) is 12.0. The fourth-order valence-electron chi connectivity index (χ4n) is 2.87. The second-order valence-electron chi connectivity index (χ2n) is 6.10. The number of benzene rings is 1. The van der Waals surface area contributed by atoms with Crippen LogP contribution in [0.15, 0.2) is 35.5 Å². The van der Waals surface area contributed by atoms with E-state index in [0.29, 0.717) is 6.61 Å². The summed E-state index contributed by atoms with van der Waals surface area (Å²) in [5.41, 5.74) is 6.49. The molecule has 5 nitrogen and oxygen atoms in total. The van der Waals surface area contributed by atoms with E-state index in [-0.39, 0.29) is 0 Å². The van der Waals surface area contributed by atoms with Gasteiger partial charge in [0.1, 0.15) is 25.2 Å². The highest BCUT2D eigenvalue weighted by Gasteiger charge is 2.12. The zero-order valence-electron chi connectivity index (χ0n) is 16.0. The molecule has 0 saturated heterocycles. The minimum atomic E-state index is 0.594. The number of hydrogen-bond donors (Lipinski definition) is 0. The molecular weight excluding hydrogens is 314 g/mol. The van der Waals surface area contributed by atoms with E-state index in [2.05, 4.69) is 42.3 Å². The third-order valence-electron chi connectivity index (χ3n) is 4.14. The number of allylic oxidation sites excluding steroid dienone is 1. The average Bonchev–Trinajstić information content (AvgIpc) is 2.92. The molecule has 0 bridgehead atoms. The van der Waals surface area contributed by atoms with Gasteiger partial charge in [-0.15, -0.1) is 0 Å². The lowest BCUT2D eigenvalue weighted by atomic mass is 9.98. The molecule has 0 N–H and O–H groups in total. The van der Waals surface area contributed by atoms with E-state index < -0.39 is 0 Å². The van der Waals surface area contributed by atoms with E-state index in [4.69, 9.17) is 9.57 Å². The third kappa shape index (κ3) is 4.72. The molecule has 134 valence electrons. The maximum atomic E-state index is 5.76. The Morgan fingerprint density at radius 2 is 1.92 bits per heavy atom. The highest BCUT2D eigenvalue weighted by atomic mass is 16.6. The van der Waals surface area contributed by atoms with Crippen LogP contribution in [0.1, 0.15) is 41.9 Å². The van der Waals surface area contributed by atoms with Crippen LogP contribution in [-0.4, -0.2) is 29.2 Å². The molecule has 2 rings (SSSR count). The van der Waals surface area contributed by atoms with Gasteiger partial charge in [0.05, 0.1) is 11.4 Å². The van der Waals surface area contributed by atoms with E-state index in [9.17, 15) is 0 Å². The SMILES string of the molecule is C/C=C/COc1cc(C)c(Cc2cc(C(C)=NOC)n(C)n2)c(C)c1. The molecule has 1 heterocycles. The number of hydrogen-bond acceptors (Lipinski definition) is 4. The molecule has 0 fully saturated rings. The van der Waals surface area contributed by atoms with Gasteiger partial charge in [0.2, 0.25) is 0 Å². The van der Waals surface area contributed by atoms with Crippen molar-refractivity contribution in [1.82, 2.24) is 9.78 Å². The molecule has 0 unspecified atom stereocenters. The summed E-state index contributed by atoms with van der Waals surface area (Å²) in [6, 6.07) is 6.24. The number of aryl methyl sites for hydroxylation is 3. The summed E-state index contributed by atoms with van der Waals surface area (Å²) >= 11 is 0. The van der Waals surface area contributed by atoms with Crippen molar-refractivity contribution in [2.45, 2.75) is 34.1 Å². The summed E-state index contributed by atoms with van der Waals surface area (Å²) in [4.78, 5) is 4.86. The van der Waals surface area contributed by atoms with E-state index in [1.54, 1.807) is 7.11 Å². The van der Waals surface area contributed by atoms with Crippen LogP contribution in [0, 0.1) is 13.8 Å². The van der Waals surface area contributed by atoms with Gasteiger partial charge in [-0.2, -0.15) is 5.10 Å². The predicted molar refractivity (Wildman–Crippen MR) is 101 cm³/mol. The Morgan fingerprint density at radius 1 is 1.24 bits per heavy atom. The van der Waals surface area contributed by atoms with Gasteiger partial charge in [0.25, 0.3) is 0 Å². The zero-order chi connectivity index (χ0) is 18.4. The van der Waals surface area contributed by atoms with Crippen molar-refractivity contribution in [1.29, 1.82) is 0 Å². The van der Waals surface area contributed by atoms with Crippen LogP contribution < -0.4 is 4.74 Å². The molecule has 0 radical (unpaired) electrons. The summed E-state index contributed by atoms with van der Waals surface area (Å²) < 4.78 is 7.60. The van der Waals surface area contributed by atoms with Crippen LogP contribution in [0.2, 0.25) is 0 Å². The maximum absolute atomic E-state index is 5.76. The summed E-state index contributed by atoms with van der Waals surface area (Å²) in [7, 11) is 3.47. The van der Waals surface area contributed by atoms with Gasteiger partial charge in [-0.1, -0.05) is 17.3 Å². The second kappa shape index (κ2) is 8.51. The van der Waals surface area contributed by atoms with Gasteiger partial charge in [-0.25, -0.2) is 0 Å². The Morgan fingerprint density at radius 3 is 2.52 bits per heavy atom. The molecular formula is C20H27N3O2. The van der Waals surface area contributed by atoms with Crippen LogP contribution in [0.5, 0.6) is 5.75 Å². The molecule has 0 spiro atoms. The lowest BCUT2D eigenvalue weighted by molar-refractivity contribution is 0.213. The summed E-state index contributed by atoms with van der Waals surface area (Å²) in [5, 5.41) is 8.61. The largest absolute Gasteiger partial charge is 0.490 e. The van der Waals surface area contributed by atoms with Crippen molar-refractivity contribution in [3.05, 3.63) is 58.4 Å². The highest BCUT2D eigenvalue weighted by molar-refractivity contribution is 5.96. The fourth-order valence-corrected chi connectivity index (χ4v) is 2.87. The fraction of sp³-hybridized carbons (Fsp3) is 0.400. The molecule has 0 amide bonds. The molecule has 0 aliphatic heterocycles. The number of nitrogens with zero attached hydrogens (tertiary/aromatic N) is 3. The van der Waals surface area contributed by atoms with E-state index in [1.165, 1.54) is 16.7 Å². The van der Waals surface area contributed by atoms with Crippen LogP contribution in [0.3, 0.4) is 0 Å². The third-order valence-corrected chi connectivity index (χ3v) is 4.14. The minimum Gasteiger partial charge on any atom is -0.490 e. The monoisotopic (exact) mass is 341 g/mol. The molecule has 5 heteroatoms. The number of ether oxygens (including phenoxy) is 1. The summed E-state index contributed by atoms with van der Waals surface area (Å²) in [6.07, 6.45) is 4.76. The Balaban J connectivity index is 2.23. The van der Waals surface area contributed by atoms with Gasteiger partial charge in [0.15, 0.2) is 0 Å². The minimum absolute atomic E-state index is 0.594. The van der Waals surface area contributed by atoms with Crippen LogP contribution in [0.25, 0.3) is 0 Å². The van der Waals surface area contributed by atoms with E-state index in [1.807, 2.05) is 37.7 Å². The number of aromatic nitrogens is 2. The van der Waals surface area contributed by atoms with Crippen molar-refractivity contribution in [3.8, 4) is 5.75 Å². The zero-order valence-corrected chi connectivity index (χ0v) is 16.0. The molecule has 1 aromatic carbocycles. The lowest BCUT2D eigenvalue weighted by Crippen LogP contribution is -2.04. The predicted octanol–water partition coefficient (Wildman–Crippen LogP) is 3.95. The van der Waals surface area contributed by atoms with Crippen molar-refractivity contribution < 1.29 is 9.57 Å². The van der Waals surface area contributed by atoms with Crippen molar-refractivity contribution in [2.75, 3.05) is 13.7 Å². The molecule has 0 saturated carbocycles.